The van der Waals surface area contributed by atoms with E-state index in [4.69, 9.17) is 0 Å². The molecule has 0 spiro atoms. The van der Waals surface area contributed by atoms with Crippen LogP contribution in [0.25, 0.3) is 11.3 Å². The Balaban J connectivity index is 2.34. The molecule has 0 saturated carbocycles. The monoisotopic (exact) mass is 243 g/mol. The van der Waals surface area contributed by atoms with Crippen LogP contribution in [0.1, 0.15) is 39.2 Å². The molecule has 0 saturated heterocycles. The smallest absolute Gasteiger partial charge is 0.0768 e. The third-order valence-electron chi connectivity index (χ3n) is 2.92. The highest BCUT2D eigenvalue weighted by Crippen LogP contribution is 2.26. The predicted octanol–water partition coefficient (Wildman–Crippen LogP) is 3.72. The van der Waals surface area contributed by atoms with Gasteiger partial charge in [-0.25, -0.2) is 0 Å². The first-order valence-electron chi connectivity index (χ1n) is 6.55. The number of aromatic nitrogens is 3. The third-order valence-corrected chi connectivity index (χ3v) is 2.92. The van der Waals surface area contributed by atoms with Gasteiger partial charge in [-0.3, -0.25) is 9.67 Å². The molecule has 2 heterocycles. The van der Waals surface area contributed by atoms with E-state index < -0.39 is 0 Å². The number of pyridine rings is 1. The molecule has 0 bridgehead atoms. The summed E-state index contributed by atoms with van der Waals surface area (Å²) in [6.45, 7) is 9.73. The van der Waals surface area contributed by atoms with E-state index in [0.29, 0.717) is 11.8 Å². The summed E-state index contributed by atoms with van der Waals surface area (Å²) in [5.41, 5.74) is 3.45. The Kier molecular flexibility index (Phi) is 3.80. The Bertz CT molecular complexity index is 512. The minimum Gasteiger partial charge on any atom is -0.272 e. The molecule has 0 atom stereocenters. The van der Waals surface area contributed by atoms with Gasteiger partial charge in [-0.15, -0.1) is 0 Å². The van der Waals surface area contributed by atoms with E-state index in [2.05, 4.69) is 50.0 Å². The fourth-order valence-electron chi connectivity index (χ4n) is 2.08. The second-order valence-electron chi connectivity index (χ2n) is 5.44. The van der Waals surface area contributed by atoms with Gasteiger partial charge in [0.15, 0.2) is 0 Å². The average molecular weight is 243 g/mol. The SMILES string of the molecule is CC(C)Cn1cc(-c2ncccc2C(C)C)cn1. The first-order chi connectivity index (χ1) is 8.58. The van der Waals surface area contributed by atoms with Crippen molar-refractivity contribution in [2.24, 2.45) is 5.92 Å². The van der Waals surface area contributed by atoms with Crippen LogP contribution in [0, 0.1) is 5.92 Å². The Morgan fingerprint density at radius 1 is 1.22 bits per heavy atom. The van der Waals surface area contributed by atoms with Crippen LogP contribution in [0.3, 0.4) is 0 Å². The summed E-state index contributed by atoms with van der Waals surface area (Å²) in [7, 11) is 0. The maximum atomic E-state index is 4.51. The molecular weight excluding hydrogens is 222 g/mol. The molecule has 0 amide bonds. The molecule has 0 radical (unpaired) electrons. The molecule has 2 aromatic rings. The molecule has 0 aromatic carbocycles. The third kappa shape index (κ3) is 2.78. The van der Waals surface area contributed by atoms with Gasteiger partial charge in [0, 0.05) is 24.5 Å². The maximum Gasteiger partial charge on any atom is 0.0768 e. The quantitative estimate of drug-likeness (QED) is 0.819. The van der Waals surface area contributed by atoms with Crippen molar-refractivity contribution in [2.75, 3.05) is 0 Å². The summed E-state index contributed by atoms with van der Waals surface area (Å²) in [6, 6.07) is 4.14. The summed E-state index contributed by atoms with van der Waals surface area (Å²) < 4.78 is 2.00. The van der Waals surface area contributed by atoms with Crippen molar-refractivity contribution in [1.82, 2.24) is 14.8 Å². The van der Waals surface area contributed by atoms with Crippen molar-refractivity contribution in [2.45, 2.75) is 40.2 Å². The second-order valence-corrected chi connectivity index (χ2v) is 5.44. The van der Waals surface area contributed by atoms with E-state index in [0.717, 1.165) is 17.8 Å². The van der Waals surface area contributed by atoms with Crippen molar-refractivity contribution < 1.29 is 0 Å². The lowest BCUT2D eigenvalue weighted by molar-refractivity contribution is 0.483. The number of rotatable bonds is 4. The summed E-state index contributed by atoms with van der Waals surface area (Å²) in [5.74, 6) is 1.08. The van der Waals surface area contributed by atoms with Gasteiger partial charge in [0.05, 0.1) is 11.9 Å². The van der Waals surface area contributed by atoms with E-state index in [9.17, 15) is 0 Å². The van der Waals surface area contributed by atoms with Gasteiger partial charge >= 0.3 is 0 Å². The molecule has 2 rings (SSSR count). The molecule has 0 aliphatic carbocycles. The molecule has 0 aliphatic heterocycles. The summed E-state index contributed by atoms with van der Waals surface area (Å²) in [6.07, 6.45) is 5.85. The van der Waals surface area contributed by atoms with Crippen LogP contribution in [0.4, 0.5) is 0 Å². The van der Waals surface area contributed by atoms with Crippen LogP contribution < -0.4 is 0 Å². The molecule has 0 N–H and O–H groups in total. The molecule has 3 heteroatoms. The van der Waals surface area contributed by atoms with Gasteiger partial charge in [-0.2, -0.15) is 5.10 Å². The van der Waals surface area contributed by atoms with Crippen LogP contribution in [0.15, 0.2) is 30.7 Å². The van der Waals surface area contributed by atoms with Crippen LogP contribution in [-0.2, 0) is 6.54 Å². The zero-order valence-electron chi connectivity index (χ0n) is 11.6. The zero-order chi connectivity index (χ0) is 13.1. The topological polar surface area (TPSA) is 30.7 Å². The lowest BCUT2D eigenvalue weighted by Crippen LogP contribution is -2.04. The number of hydrogen-bond acceptors (Lipinski definition) is 2. The highest BCUT2D eigenvalue weighted by molar-refractivity contribution is 5.61. The van der Waals surface area contributed by atoms with Crippen molar-refractivity contribution in [3.63, 3.8) is 0 Å². The molecule has 96 valence electrons. The van der Waals surface area contributed by atoms with Gasteiger partial charge in [0.2, 0.25) is 0 Å². The van der Waals surface area contributed by atoms with Crippen LogP contribution in [0.2, 0.25) is 0 Å². The number of hydrogen-bond donors (Lipinski definition) is 0. The van der Waals surface area contributed by atoms with E-state index in [1.165, 1.54) is 5.56 Å². The Morgan fingerprint density at radius 2 is 2.00 bits per heavy atom. The summed E-state index contributed by atoms with van der Waals surface area (Å²) in [5, 5.41) is 4.41. The van der Waals surface area contributed by atoms with Gasteiger partial charge < -0.3 is 0 Å². The van der Waals surface area contributed by atoms with E-state index in [1.54, 1.807) is 0 Å². The van der Waals surface area contributed by atoms with Crippen molar-refractivity contribution in [3.8, 4) is 11.3 Å². The zero-order valence-corrected chi connectivity index (χ0v) is 11.6. The largest absolute Gasteiger partial charge is 0.272 e. The fraction of sp³-hybridized carbons (Fsp3) is 0.467. The Morgan fingerprint density at radius 3 is 2.67 bits per heavy atom. The number of nitrogens with zero attached hydrogens (tertiary/aromatic N) is 3. The van der Waals surface area contributed by atoms with E-state index in [1.807, 2.05) is 23.1 Å². The highest BCUT2D eigenvalue weighted by Gasteiger charge is 2.11. The maximum absolute atomic E-state index is 4.51. The van der Waals surface area contributed by atoms with Crippen molar-refractivity contribution >= 4 is 0 Å². The molecule has 18 heavy (non-hydrogen) atoms. The lowest BCUT2D eigenvalue weighted by atomic mass is 9.99. The van der Waals surface area contributed by atoms with Crippen molar-refractivity contribution in [3.05, 3.63) is 36.3 Å². The molecule has 0 fully saturated rings. The first-order valence-corrected chi connectivity index (χ1v) is 6.55. The summed E-state index contributed by atoms with van der Waals surface area (Å²) in [4.78, 5) is 4.51. The Hall–Kier alpha value is -1.64. The molecule has 2 aromatic heterocycles. The van der Waals surface area contributed by atoms with Crippen LogP contribution in [0.5, 0.6) is 0 Å². The minimum absolute atomic E-state index is 0.474. The average Bonchev–Trinajstić information content (AvgIpc) is 2.76. The molecule has 3 nitrogen and oxygen atoms in total. The molecule has 0 aliphatic rings. The van der Waals surface area contributed by atoms with Crippen LogP contribution >= 0.6 is 0 Å². The van der Waals surface area contributed by atoms with Gasteiger partial charge in [0.25, 0.3) is 0 Å². The lowest BCUT2D eigenvalue weighted by Gasteiger charge is -2.09. The first kappa shape index (κ1) is 12.8. The van der Waals surface area contributed by atoms with E-state index >= 15 is 0 Å². The van der Waals surface area contributed by atoms with Crippen LogP contribution in [-0.4, -0.2) is 14.8 Å². The second kappa shape index (κ2) is 5.34. The minimum atomic E-state index is 0.474. The van der Waals surface area contributed by atoms with Gasteiger partial charge in [0.1, 0.15) is 0 Å². The van der Waals surface area contributed by atoms with Gasteiger partial charge in [-0.1, -0.05) is 33.8 Å². The Labute approximate surface area is 109 Å². The highest BCUT2D eigenvalue weighted by atomic mass is 15.3. The molecule has 0 unspecified atom stereocenters. The standard InChI is InChI=1S/C15H21N3/c1-11(2)9-18-10-13(8-17-18)15-14(12(3)4)6-5-7-16-15/h5-8,10-12H,9H2,1-4H3. The van der Waals surface area contributed by atoms with E-state index in [-0.39, 0.29) is 0 Å². The summed E-state index contributed by atoms with van der Waals surface area (Å²) >= 11 is 0. The fourth-order valence-corrected chi connectivity index (χ4v) is 2.08. The van der Waals surface area contributed by atoms with Crippen molar-refractivity contribution in [1.29, 1.82) is 0 Å². The molecular formula is C15H21N3. The van der Waals surface area contributed by atoms with Gasteiger partial charge in [-0.05, 0) is 23.5 Å². The normalized spacial score (nSPS) is 11.4. The predicted molar refractivity (Wildman–Crippen MR) is 74.4 cm³/mol.